The van der Waals surface area contributed by atoms with Gasteiger partial charge in [0.2, 0.25) is 0 Å². The number of nitrogens with zero attached hydrogens (tertiary/aromatic N) is 4. The van der Waals surface area contributed by atoms with Crippen LogP contribution in [-0.4, -0.2) is 32.8 Å². The first-order valence-electron chi connectivity index (χ1n) is 13.1. The maximum atomic E-state index is 13.5. The number of unbranched alkanes of at least 4 members (excludes halogenated alkanes) is 1. The van der Waals surface area contributed by atoms with Gasteiger partial charge in [-0.15, -0.1) is 0 Å². The van der Waals surface area contributed by atoms with E-state index >= 15 is 0 Å². The van der Waals surface area contributed by atoms with Gasteiger partial charge in [-0.25, -0.2) is 0 Å². The molecule has 2 aliphatic rings. The molecule has 37 heavy (non-hydrogen) atoms. The van der Waals surface area contributed by atoms with E-state index in [0.717, 1.165) is 74.1 Å². The number of aromatic nitrogens is 1. The van der Waals surface area contributed by atoms with Gasteiger partial charge in [0.15, 0.2) is 0 Å². The van der Waals surface area contributed by atoms with Gasteiger partial charge in [-0.3, -0.25) is 19.1 Å². The summed E-state index contributed by atoms with van der Waals surface area (Å²) in [6.07, 6.45) is 8.09. The molecule has 0 radical (unpaired) electrons. The molecule has 2 aromatic rings. The maximum Gasteiger partial charge on any atom is 0.270 e. The van der Waals surface area contributed by atoms with Gasteiger partial charge in [-0.2, -0.15) is 5.26 Å². The molecule has 0 saturated carbocycles. The molecular weight excluding hydrogens is 500 g/mol. The summed E-state index contributed by atoms with van der Waals surface area (Å²) in [6.45, 7) is 8.62. The normalized spacial score (nSPS) is 17.4. The molecular formula is C29H34N4O2S2. The van der Waals surface area contributed by atoms with Crippen LogP contribution in [0.2, 0.25) is 0 Å². The molecule has 1 aromatic heterocycles. The Morgan fingerprint density at radius 2 is 1.76 bits per heavy atom. The fourth-order valence-corrected chi connectivity index (χ4v) is 6.17. The number of hydrogen-bond donors (Lipinski definition) is 0. The van der Waals surface area contributed by atoms with Crippen molar-refractivity contribution in [3.05, 3.63) is 67.3 Å². The first-order chi connectivity index (χ1) is 17.8. The third-order valence-electron chi connectivity index (χ3n) is 7.10. The van der Waals surface area contributed by atoms with Gasteiger partial charge >= 0.3 is 0 Å². The first kappa shape index (κ1) is 27.2. The van der Waals surface area contributed by atoms with Gasteiger partial charge in [0.25, 0.3) is 11.5 Å². The molecule has 0 spiro atoms. The maximum absolute atomic E-state index is 13.5. The van der Waals surface area contributed by atoms with E-state index in [1.54, 1.807) is 9.47 Å². The summed E-state index contributed by atoms with van der Waals surface area (Å²) in [5.41, 5.74) is 3.50. The van der Waals surface area contributed by atoms with E-state index in [4.69, 9.17) is 12.2 Å². The molecule has 2 saturated heterocycles. The van der Waals surface area contributed by atoms with E-state index < -0.39 is 0 Å². The number of aryl methyl sites for hydroxylation is 1. The molecule has 0 bridgehead atoms. The zero-order valence-electron chi connectivity index (χ0n) is 21.9. The summed E-state index contributed by atoms with van der Waals surface area (Å²) in [5.74, 6) is 0.697. The molecule has 194 valence electrons. The number of anilines is 1. The number of benzene rings is 1. The Hall–Kier alpha value is -2.89. The molecule has 1 amide bonds. The van der Waals surface area contributed by atoms with Gasteiger partial charge in [-0.1, -0.05) is 80.0 Å². The second-order valence-corrected chi connectivity index (χ2v) is 11.5. The van der Waals surface area contributed by atoms with E-state index in [2.05, 4.69) is 17.9 Å². The summed E-state index contributed by atoms with van der Waals surface area (Å²) in [6, 6.07) is 10.2. The van der Waals surface area contributed by atoms with Gasteiger partial charge in [-0.05, 0) is 50.3 Å². The fraction of sp³-hybridized carbons (Fsp3) is 0.448. The predicted molar refractivity (Wildman–Crippen MR) is 156 cm³/mol. The van der Waals surface area contributed by atoms with Crippen molar-refractivity contribution in [3.63, 3.8) is 0 Å². The third kappa shape index (κ3) is 5.83. The molecule has 3 heterocycles. The molecule has 6 nitrogen and oxygen atoms in total. The summed E-state index contributed by atoms with van der Waals surface area (Å²) < 4.78 is 2.30. The van der Waals surface area contributed by atoms with E-state index in [0.29, 0.717) is 27.9 Å². The van der Waals surface area contributed by atoms with Crippen molar-refractivity contribution < 1.29 is 4.79 Å². The molecule has 0 N–H and O–H groups in total. The van der Waals surface area contributed by atoms with E-state index in [1.165, 1.54) is 11.8 Å². The Morgan fingerprint density at radius 3 is 2.38 bits per heavy atom. The number of carbonyl (C=O) groups is 1. The Bertz CT molecular complexity index is 1310. The Balaban J connectivity index is 1.81. The van der Waals surface area contributed by atoms with E-state index in [1.807, 2.05) is 44.2 Å². The van der Waals surface area contributed by atoms with Crippen molar-refractivity contribution in [2.45, 2.75) is 72.4 Å². The molecule has 2 fully saturated rings. The predicted octanol–water partition coefficient (Wildman–Crippen LogP) is 5.92. The van der Waals surface area contributed by atoms with Crippen LogP contribution in [0.3, 0.4) is 0 Å². The minimum atomic E-state index is -0.239. The molecule has 0 unspecified atom stereocenters. The highest BCUT2D eigenvalue weighted by Crippen LogP contribution is 2.37. The van der Waals surface area contributed by atoms with Gasteiger partial charge in [0.05, 0.1) is 11.4 Å². The number of pyridine rings is 1. The number of thioether (sulfide) groups is 1. The minimum absolute atomic E-state index is 0.137. The van der Waals surface area contributed by atoms with Crippen LogP contribution in [0.4, 0.5) is 5.82 Å². The van der Waals surface area contributed by atoms with Crippen LogP contribution in [0.15, 0.2) is 34.0 Å². The number of carbonyl (C=O) groups excluding carboxylic acids is 1. The van der Waals surface area contributed by atoms with Crippen molar-refractivity contribution in [2.75, 3.05) is 18.0 Å². The van der Waals surface area contributed by atoms with Crippen LogP contribution in [-0.2, 0) is 17.9 Å². The lowest BCUT2D eigenvalue weighted by molar-refractivity contribution is -0.122. The Labute approximate surface area is 229 Å². The summed E-state index contributed by atoms with van der Waals surface area (Å²) in [4.78, 5) is 31.4. The number of rotatable bonds is 7. The first-order valence-corrected chi connectivity index (χ1v) is 14.3. The van der Waals surface area contributed by atoms with Gasteiger partial charge in [0.1, 0.15) is 21.8 Å². The van der Waals surface area contributed by atoms with Gasteiger partial charge < -0.3 is 4.90 Å². The van der Waals surface area contributed by atoms with Crippen molar-refractivity contribution in [1.29, 1.82) is 5.26 Å². The zero-order chi connectivity index (χ0) is 26.5. The zero-order valence-corrected chi connectivity index (χ0v) is 23.5. The molecule has 8 heteroatoms. The van der Waals surface area contributed by atoms with Crippen molar-refractivity contribution in [2.24, 2.45) is 0 Å². The minimum Gasteiger partial charge on any atom is -0.357 e. The van der Waals surface area contributed by atoms with E-state index in [9.17, 15) is 14.9 Å². The van der Waals surface area contributed by atoms with Crippen molar-refractivity contribution in [3.8, 4) is 6.07 Å². The topological polar surface area (TPSA) is 69.3 Å². The quantitative estimate of drug-likeness (QED) is 0.325. The Kier molecular flexibility index (Phi) is 8.88. The van der Waals surface area contributed by atoms with Crippen LogP contribution in [0.1, 0.15) is 73.3 Å². The number of amides is 1. The molecule has 1 aromatic carbocycles. The van der Waals surface area contributed by atoms with Crippen LogP contribution < -0.4 is 10.5 Å². The summed E-state index contributed by atoms with van der Waals surface area (Å²) in [7, 11) is 0. The second-order valence-electron chi connectivity index (χ2n) is 9.81. The Morgan fingerprint density at radius 1 is 1.08 bits per heavy atom. The van der Waals surface area contributed by atoms with Crippen LogP contribution in [0.25, 0.3) is 6.08 Å². The third-order valence-corrected chi connectivity index (χ3v) is 8.48. The summed E-state index contributed by atoms with van der Waals surface area (Å²) in [5, 5.41) is 9.90. The SMILES string of the molecule is CCCCn1c(N2CCCCCC2)c(C=C2SC(=S)N(Cc3ccc(C)cc3)C2=O)c(C)c(C#N)c1=O. The van der Waals surface area contributed by atoms with Crippen LogP contribution in [0.5, 0.6) is 0 Å². The molecule has 0 aliphatic carbocycles. The molecule has 0 atom stereocenters. The lowest BCUT2D eigenvalue weighted by Crippen LogP contribution is -2.35. The second kappa shape index (κ2) is 12.1. The lowest BCUT2D eigenvalue weighted by Gasteiger charge is -2.29. The van der Waals surface area contributed by atoms with Crippen LogP contribution >= 0.6 is 24.0 Å². The average molecular weight is 535 g/mol. The lowest BCUT2D eigenvalue weighted by atomic mass is 10.0. The highest BCUT2D eigenvalue weighted by Gasteiger charge is 2.33. The summed E-state index contributed by atoms with van der Waals surface area (Å²) >= 11 is 6.89. The smallest absolute Gasteiger partial charge is 0.270 e. The van der Waals surface area contributed by atoms with Crippen molar-refractivity contribution >= 4 is 46.1 Å². The molecule has 4 rings (SSSR count). The largest absolute Gasteiger partial charge is 0.357 e. The number of thiocarbonyl (C=S) groups is 1. The van der Waals surface area contributed by atoms with Gasteiger partial charge in [0, 0.05) is 25.2 Å². The monoisotopic (exact) mass is 534 g/mol. The van der Waals surface area contributed by atoms with Crippen LogP contribution in [0, 0.1) is 25.2 Å². The highest BCUT2D eigenvalue weighted by atomic mass is 32.2. The standard InChI is InChI=1S/C29H34N4O2S2/c1-4-5-16-32-26(31-14-8-6-7-9-15-31)23(21(3)24(18-30)27(32)34)17-25-28(35)33(29(36)37-25)19-22-12-10-20(2)11-13-22/h10-13,17H,4-9,14-16,19H2,1-3H3. The van der Waals surface area contributed by atoms with Crippen molar-refractivity contribution in [1.82, 2.24) is 9.47 Å². The average Bonchev–Trinajstić information content (AvgIpc) is 3.05. The fourth-order valence-electron chi connectivity index (χ4n) is 4.93. The van der Waals surface area contributed by atoms with E-state index in [-0.39, 0.29) is 17.0 Å². The highest BCUT2D eigenvalue weighted by molar-refractivity contribution is 8.26. The molecule has 2 aliphatic heterocycles. The number of hydrogen-bond acceptors (Lipinski definition) is 6. The number of nitriles is 1.